The second-order valence-electron chi connectivity index (χ2n) is 6.51. The first-order valence-corrected chi connectivity index (χ1v) is 9.40. The molecule has 5 heteroatoms. The molecule has 5 nitrogen and oxygen atoms in total. The number of benzene rings is 3. The van der Waals surface area contributed by atoms with Crippen molar-refractivity contribution in [2.75, 3.05) is 27.3 Å². The van der Waals surface area contributed by atoms with Gasteiger partial charge < -0.3 is 20.1 Å². The number of hydrogen-bond acceptors (Lipinski definition) is 3. The van der Waals surface area contributed by atoms with Crippen LogP contribution >= 0.6 is 0 Å². The van der Waals surface area contributed by atoms with E-state index in [1.807, 2.05) is 30.3 Å². The molecule has 0 bridgehead atoms. The van der Waals surface area contributed by atoms with Gasteiger partial charge in [-0.05, 0) is 46.9 Å². The Bertz CT molecular complexity index is 935. The molecule has 0 heterocycles. The predicted octanol–water partition coefficient (Wildman–Crippen LogP) is 3.94. The highest BCUT2D eigenvalue weighted by molar-refractivity contribution is 5.85. The van der Waals surface area contributed by atoms with Crippen molar-refractivity contribution in [1.82, 2.24) is 10.6 Å². The third-order valence-electron chi connectivity index (χ3n) is 4.71. The molecule has 3 aromatic carbocycles. The second-order valence-corrected chi connectivity index (χ2v) is 6.51. The number of fused-ring (bicyclic) bond motifs is 1. The molecule has 0 aromatic heterocycles. The Hall–Kier alpha value is -3.21. The van der Waals surface area contributed by atoms with Crippen molar-refractivity contribution in [2.24, 2.45) is 0 Å². The van der Waals surface area contributed by atoms with E-state index < -0.39 is 0 Å². The zero-order chi connectivity index (χ0) is 19.8. The van der Waals surface area contributed by atoms with Crippen LogP contribution in [0.25, 0.3) is 10.8 Å². The van der Waals surface area contributed by atoms with E-state index in [4.69, 9.17) is 9.47 Å². The van der Waals surface area contributed by atoms with Gasteiger partial charge >= 0.3 is 6.03 Å². The summed E-state index contributed by atoms with van der Waals surface area (Å²) in [5, 5.41) is 8.29. The van der Waals surface area contributed by atoms with Gasteiger partial charge in [-0.1, -0.05) is 48.5 Å². The summed E-state index contributed by atoms with van der Waals surface area (Å²) in [4.78, 5) is 12.0. The van der Waals surface area contributed by atoms with Gasteiger partial charge in [-0.2, -0.15) is 0 Å². The van der Waals surface area contributed by atoms with E-state index in [2.05, 4.69) is 41.0 Å². The number of carbonyl (C=O) groups excluding carboxylic acids is 1. The highest BCUT2D eigenvalue weighted by Gasteiger charge is 2.06. The predicted molar refractivity (Wildman–Crippen MR) is 112 cm³/mol. The van der Waals surface area contributed by atoms with Crippen molar-refractivity contribution in [3.05, 3.63) is 71.8 Å². The minimum absolute atomic E-state index is 0.152. The van der Waals surface area contributed by atoms with Crippen molar-refractivity contribution in [3.8, 4) is 11.5 Å². The molecule has 28 heavy (non-hydrogen) atoms. The first-order chi connectivity index (χ1) is 13.7. The van der Waals surface area contributed by atoms with Gasteiger partial charge in [-0.15, -0.1) is 0 Å². The SMILES string of the molecule is COc1ccc(CCNC(=O)NCCc2cccc3ccccc23)cc1OC. The van der Waals surface area contributed by atoms with Crippen molar-refractivity contribution in [3.63, 3.8) is 0 Å². The Morgan fingerprint density at radius 1 is 0.821 bits per heavy atom. The highest BCUT2D eigenvalue weighted by atomic mass is 16.5. The lowest BCUT2D eigenvalue weighted by atomic mass is 10.0. The van der Waals surface area contributed by atoms with Crippen LogP contribution in [-0.2, 0) is 12.8 Å². The summed E-state index contributed by atoms with van der Waals surface area (Å²) in [6.45, 7) is 1.14. The van der Waals surface area contributed by atoms with Crippen molar-refractivity contribution in [2.45, 2.75) is 12.8 Å². The molecule has 0 spiro atoms. The van der Waals surface area contributed by atoms with Crippen LogP contribution in [-0.4, -0.2) is 33.3 Å². The van der Waals surface area contributed by atoms with E-state index in [-0.39, 0.29) is 6.03 Å². The van der Waals surface area contributed by atoms with E-state index in [1.165, 1.54) is 16.3 Å². The third kappa shape index (κ3) is 4.94. The third-order valence-corrected chi connectivity index (χ3v) is 4.71. The number of methoxy groups -OCH3 is 2. The van der Waals surface area contributed by atoms with Crippen LogP contribution in [0.5, 0.6) is 11.5 Å². The smallest absolute Gasteiger partial charge is 0.314 e. The minimum atomic E-state index is -0.152. The lowest BCUT2D eigenvalue weighted by Gasteiger charge is -2.11. The van der Waals surface area contributed by atoms with Crippen LogP contribution in [0.1, 0.15) is 11.1 Å². The average molecular weight is 378 g/mol. The molecule has 3 aromatic rings. The van der Waals surface area contributed by atoms with Gasteiger partial charge in [0, 0.05) is 13.1 Å². The maximum absolute atomic E-state index is 12.0. The largest absolute Gasteiger partial charge is 0.493 e. The molecular formula is C23H26N2O3. The van der Waals surface area contributed by atoms with Gasteiger partial charge in [-0.25, -0.2) is 4.79 Å². The molecule has 0 saturated carbocycles. The van der Waals surface area contributed by atoms with Crippen LogP contribution in [0.2, 0.25) is 0 Å². The maximum atomic E-state index is 12.0. The van der Waals surface area contributed by atoms with Gasteiger partial charge in [0.25, 0.3) is 0 Å². The highest BCUT2D eigenvalue weighted by Crippen LogP contribution is 2.27. The second kappa shape index (κ2) is 9.65. The number of hydrogen-bond donors (Lipinski definition) is 2. The molecule has 146 valence electrons. The molecule has 0 fully saturated rings. The molecule has 0 aliphatic rings. The fourth-order valence-corrected chi connectivity index (χ4v) is 3.24. The van der Waals surface area contributed by atoms with Crippen molar-refractivity contribution < 1.29 is 14.3 Å². The molecule has 0 unspecified atom stereocenters. The summed E-state index contributed by atoms with van der Waals surface area (Å²) in [7, 11) is 3.23. The van der Waals surface area contributed by atoms with E-state index in [9.17, 15) is 4.79 Å². The molecular weight excluding hydrogens is 352 g/mol. The molecule has 0 saturated heterocycles. The van der Waals surface area contributed by atoms with Crippen LogP contribution in [0.3, 0.4) is 0 Å². The number of urea groups is 1. The van der Waals surface area contributed by atoms with Crippen LogP contribution in [0.15, 0.2) is 60.7 Å². The summed E-state index contributed by atoms with van der Waals surface area (Å²) < 4.78 is 10.5. The molecule has 0 aliphatic carbocycles. The topological polar surface area (TPSA) is 59.6 Å². The van der Waals surface area contributed by atoms with Gasteiger partial charge in [0.2, 0.25) is 0 Å². The van der Waals surface area contributed by atoms with E-state index >= 15 is 0 Å². The number of ether oxygens (including phenoxy) is 2. The zero-order valence-corrected chi connectivity index (χ0v) is 16.3. The summed E-state index contributed by atoms with van der Waals surface area (Å²) >= 11 is 0. The minimum Gasteiger partial charge on any atom is -0.493 e. The Morgan fingerprint density at radius 2 is 1.54 bits per heavy atom. The quantitative estimate of drug-likeness (QED) is 0.624. The summed E-state index contributed by atoms with van der Waals surface area (Å²) in [5.74, 6) is 1.39. The van der Waals surface area contributed by atoms with Gasteiger partial charge in [-0.3, -0.25) is 0 Å². The molecule has 2 amide bonds. The number of carbonyl (C=O) groups is 1. The standard InChI is InChI=1S/C23H26N2O3/c1-27-21-11-10-17(16-22(21)28-2)12-14-24-23(26)25-15-13-19-8-5-7-18-6-3-4-9-20(18)19/h3-11,16H,12-15H2,1-2H3,(H2,24,25,26). The lowest BCUT2D eigenvalue weighted by molar-refractivity contribution is 0.241. The van der Waals surface area contributed by atoms with E-state index in [0.717, 1.165) is 18.4 Å². The normalized spacial score (nSPS) is 10.5. The number of amides is 2. The molecule has 0 atom stereocenters. The van der Waals surface area contributed by atoms with Gasteiger partial charge in [0.1, 0.15) is 0 Å². The number of nitrogens with one attached hydrogen (secondary N) is 2. The van der Waals surface area contributed by atoms with Crippen LogP contribution in [0, 0.1) is 0 Å². The van der Waals surface area contributed by atoms with E-state index in [0.29, 0.717) is 24.6 Å². The van der Waals surface area contributed by atoms with Crippen LogP contribution < -0.4 is 20.1 Å². The first-order valence-electron chi connectivity index (χ1n) is 9.40. The molecule has 0 radical (unpaired) electrons. The Kier molecular flexibility index (Phi) is 6.73. The molecule has 2 N–H and O–H groups in total. The monoisotopic (exact) mass is 378 g/mol. The fourth-order valence-electron chi connectivity index (χ4n) is 3.24. The van der Waals surface area contributed by atoms with Crippen molar-refractivity contribution >= 4 is 16.8 Å². The Labute approximate surface area is 165 Å². The lowest BCUT2D eigenvalue weighted by Crippen LogP contribution is -2.37. The Balaban J connectivity index is 1.44. The van der Waals surface area contributed by atoms with Crippen molar-refractivity contribution in [1.29, 1.82) is 0 Å². The Morgan fingerprint density at radius 3 is 2.32 bits per heavy atom. The van der Waals surface area contributed by atoms with Gasteiger partial charge in [0.05, 0.1) is 14.2 Å². The average Bonchev–Trinajstić information content (AvgIpc) is 2.73. The summed E-state index contributed by atoms with van der Waals surface area (Å²) in [6, 6.07) is 20.2. The first kappa shape index (κ1) is 19.5. The maximum Gasteiger partial charge on any atom is 0.314 e. The molecule has 0 aliphatic heterocycles. The summed E-state index contributed by atoms with van der Waals surface area (Å²) in [6.07, 6.45) is 1.52. The van der Waals surface area contributed by atoms with Gasteiger partial charge in [0.15, 0.2) is 11.5 Å². The zero-order valence-electron chi connectivity index (χ0n) is 16.3. The van der Waals surface area contributed by atoms with Crippen LogP contribution in [0.4, 0.5) is 4.79 Å². The fraction of sp³-hybridized carbons (Fsp3) is 0.261. The summed E-state index contributed by atoms with van der Waals surface area (Å²) in [5.41, 5.74) is 2.32. The molecule has 3 rings (SSSR count). The van der Waals surface area contributed by atoms with E-state index in [1.54, 1.807) is 14.2 Å². The number of rotatable bonds is 8.